The van der Waals surface area contributed by atoms with Gasteiger partial charge in [-0.2, -0.15) is 0 Å². The highest BCUT2D eigenvalue weighted by molar-refractivity contribution is 5.77. The third kappa shape index (κ3) is 3.73. The van der Waals surface area contributed by atoms with E-state index < -0.39 is 0 Å². The third-order valence-corrected chi connectivity index (χ3v) is 3.47. The van der Waals surface area contributed by atoms with Crippen molar-refractivity contribution in [3.05, 3.63) is 23.8 Å². The lowest BCUT2D eigenvalue weighted by molar-refractivity contribution is -0.137. The molecular weight excluding hydrogens is 242 g/mol. The summed E-state index contributed by atoms with van der Waals surface area (Å²) >= 11 is 0. The van der Waals surface area contributed by atoms with E-state index in [1.54, 1.807) is 6.20 Å². The van der Waals surface area contributed by atoms with Crippen molar-refractivity contribution in [3.63, 3.8) is 0 Å². The largest absolute Gasteiger partial charge is 0.372 e. The average molecular weight is 263 g/mol. The second-order valence-electron chi connectivity index (χ2n) is 4.88. The van der Waals surface area contributed by atoms with Gasteiger partial charge in [-0.15, -0.1) is 0 Å². The van der Waals surface area contributed by atoms with E-state index in [1.165, 1.54) is 0 Å². The first-order valence-corrected chi connectivity index (χ1v) is 6.84. The van der Waals surface area contributed by atoms with Crippen molar-refractivity contribution >= 4 is 5.91 Å². The molecule has 0 unspecified atom stereocenters. The molecule has 0 bridgehead atoms. The highest BCUT2D eigenvalue weighted by Gasteiger charge is 2.24. The predicted octanol–water partition coefficient (Wildman–Crippen LogP) is 1.53. The van der Waals surface area contributed by atoms with Crippen LogP contribution in [0.25, 0.3) is 0 Å². The molecule has 5 nitrogen and oxygen atoms in total. The molecule has 2 heterocycles. The van der Waals surface area contributed by atoms with E-state index >= 15 is 0 Å². The molecule has 1 fully saturated rings. The lowest BCUT2D eigenvalue weighted by atomic mass is 9.93. The molecule has 19 heavy (non-hydrogen) atoms. The van der Waals surface area contributed by atoms with E-state index in [4.69, 9.17) is 4.74 Å². The summed E-state index contributed by atoms with van der Waals surface area (Å²) in [5, 5.41) is 0. The number of ether oxygens (including phenoxy) is 1. The second-order valence-corrected chi connectivity index (χ2v) is 4.88. The Kier molecular flexibility index (Phi) is 4.85. The van der Waals surface area contributed by atoms with Gasteiger partial charge in [-0.1, -0.05) is 0 Å². The number of hydrogen-bond acceptors (Lipinski definition) is 4. The average Bonchev–Trinajstić information content (AvgIpc) is 2.45. The van der Waals surface area contributed by atoms with E-state index in [1.807, 2.05) is 24.9 Å². The van der Waals surface area contributed by atoms with Gasteiger partial charge in [0.1, 0.15) is 6.61 Å². The first-order valence-electron chi connectivity index (χ1n) is 6.84. The highest BCUT2D eigenvalue weighted by atomic mass is 16.5. The van der Waals surface area contributed by atoms with Crippen molar-refractivity contribution in [2.45, 2.75) is 32.6 Å². The minimum absolute atomic E-state index is 0.0932. The minimum Gasteiger partial charge on any atom is -0.372 e. The molecular formula is C14H21N3O2. The minimum atomic E-state index is 0.0932. The Morgan fingerprint density at radius 1 is 1.42 bits per heavy atom. The Hall–Kier alpha value is -1.49. The van der Waals surface area contributed by atoms with Gasteiger partial charge in [0.05, 0.1) is 11.4 Å². The molecule has 5 heteroatoms. The molecule has 0 spiro atoms. The summed E-state index contributed by atoms with van der Waals surface area (Å²) in [7, 11) is 0. The third-order valence-electron chi connectivity index (χ3n) is 3.47. The maximum atomic E-state index is 11.8. The maximum absolute atomic E-state index is 11.8. The van der Waals surface area contributed by atoms with Crippen LogP contribution in [-0.2, 0) is 9.53 Å². The summed E-state index contributed by atoms with van der Waals surface area (Å²) in [4.78, 5) is 22.4. The summed E-state index contributed by atoms with van der Waals surface area (Å²) in [5.41, 5.74) is 2.00. The first-order chi connectivity index (χ1) is 9.20. The van der Waals surface area contributed by atoms with Crippen molar-refractivity contribution in [2.75, 3.05) is 26.3 Å². The van der Waals surface area contributed by atoms with E-state index in [2.05, 4.69) is 9.97 Å². The van der Waals surface area contributed by atoms with Crippen LogP contribution in [-0.4, -0.2) is 47.1 Å². The molecule has 0 N–H and O–H groups in total. The standard InChI is InChI=1S/C14H21N3O2/c1-3-19-10-14(18)17-6-4-12(5-7-17)13-9-15-8-11(2)16-13/h8-9,12H,3-7,10H2,1-2H3. The number of hydrogen-bond donors (Lipinski definition) is 0. The molecule has 1 aliphatic rings. The van der Waals surface area contributed by atoms with Crippen LogP contribution in [0.5, 0.6) is 0 Å². The fraction of sp³-hybridized carbons (Fsp3) is 0.643. The quantitative estimate of drug-likeness (QED) is 0.826. The van der Waals surface area contributed by atoms with Crippen molar-refractivity contribution in [2.24, 2.45) is 0 Å². The number of carbonyl (C=O) groups is 1. The number of amides is 1. The van der Waals surface area contributed by atoms with Crippen LogP contribution in [0, 0.1) is 6.92 Å². The van der Waals surface area contributed by atoms with Gasteiger partial charge in [0, 0.05) is 38.0 Å². The molecule has 1 saturated heterocycles. The number of aryl methyl sites for hydroxylation is 1. The van der Waals surface area contributed by atoms with Gasteiger partial charge in [0.25, 0.3) is 0 Å². The van der Waals surface area contributed by atoms with Gasteiger partial charge >= 0.3 is 0 Å². The van der Waals surface area contributed by atoms with Crippen LogP contribution in [0.1, 0.15) is 37.1 Å². The number of piperidine rings is 1. The fourth-order valence-corrected chi connectivity index (χ4v) is 2.38. The van der Waals surface area contributed by atoms with E-state index in [9.17, 15) is 4.79 Å². The molecule has 0 aliphatic carbocycles. The highest BCUT2D eigenvalue weighted by Crippen LogP contribution is 2.26. The lowest BCUT2D eigenvalue weighted by Gasteiger charge is -2.31. The van der Waals surface area contributed by atoms with Crippen molar-refractivity contribution in [1.82, 2.24) is 14.9 Å². The molecule has 1 amide bonds. The molecule has 0 radical (unpaired) electrons. The molecule has 1 aliphatic heterocycles. The molecule has 0 atom stereocenters. The van der Waals surface area contributed by atoms with Crippen molar-refractivity contribution in [1.29, 1.82) is 0 Å². The smallest absolute Gasteiger partial charge is 0.248 e. The van der Waals surface area contributed by atoms with E-state index in [0.717, 1.165) is 37.3 Å². The monoisotopic (exact) mass is 263 g/mol. The molecule has 1 aromatic heterocycles. The predicted molar refractivity (Wildman–Crippen MR) is 71.8 cm³/mol. The Balaban J connectivity index is 1.87. The second kappa shape index (κ2) is 6.61. The number of aromatic nitrogens is 2. The van der Waals surface area contributed by atoms with Gasteiger partial charge in [-0.3, -0.25) is 14.8 Å². The number of likely N-dealkylation sites (tertiary alicyclic amines) is 1. The summed E-state index contributed by atoms with van der Waals surface area (Å²) in [5.74, 6) is 0.513. The Morgan fingerprint density at radius 3 is 2.79 bits per heavy atom. The lowest BCUT2D eigenvalue weighted by Crippen LogP contribution is -2.40. The zero-order valence-corrected chi connectivity index (χ0v) is 11.6. The molecule has 104 valence electrons. The zero-order chi connectivity index (χ0) is 13.7. The van der Waals surface area contributed by atoms with Gasteiger partial charge in [-0.05, 0) is 26.7 Å². The van der Waals surface area contributed by atoms with Gasteiger partial charge in [0.15, 0.2) is 0 Å². The SMILES string of the molecule is CCOCC(=O)N1CCC(c2cncc(C)n2)CC1. The first kappa shape index (κ1) is 13.9. The Labute approximate surface area is 114 Å². The number of nitrogens with zero attached hydrogens (tertiary/aromatic N) is 3. The van der Waals surface area contributed by atoms with E-state index in [0.29, 0.717) is 12.5 Å². The van der Waals surface area contributed by atoms with Gasteiger partial charge < -0.3 is 9.64 Å². The van der Waals surface area contributed by atoms with Crippen molar-refractivity contribution < 1.29 is 9.53 Å². The molecule has 0 saturated carbocycles. The molecule has 0 aromatic carbocycles. The van der Waals surface area contributed by atoms with E-state index in [-0.39, 0.29) is 12.5 Å². The molecule has 2 rings (SSSR count). The van der Waals surface area contributed by atoms with Gasteiger partial charge in [-0.25, -0.2) is 0 Å². The van der Waals surface area contributed by atoms with Gasteiger partial charge in [0.2, 0.25) is 5.91 Å². The summed E-state index contributed by atoms with van der Waals surface area (Å²) in [6.07, 6.45) is 5.52. The van der Waals surface area contributed by atoms with Crippen molar-refractivity contribution in [3.8, 4) is 0 Å². The van der Waals surface area contributed by atoms with Crippen LogP contribution in [0.2, 0.25) is 0 Å². The normalized spacial score (nSPS) is 16.6. The summed E-state index contributed by atoms with van der Waals surface area (Å²) < 4.78 is 5.16. The number of carbonyl (C=O) groups excluding carboxylic acids is 1. The van der Waals surface area contributed by atoms with Crippen LogP contribution < -0.4 is 0 Å². The summed E-state index contributed by atoms with van der Waals surface area (Å²) in [6, 6.07) is 0. The number of rotatable bonds is 4. The van der Waals surface area contributed by atoms with Crippen LogP contribution in [0.15, 0.2) is 12.4 Å². The molecule has 1 aromatic rings. The Bertz CT molecular complexity index is 428. The van der Waals surface area contributed by atoms with Crippen LogP contribution in [0.4, 0.5) is 0 Å². The Morgan fingerprint density at radius 2 is 2.16 bits per heavy atom. The summed E-state index contributed by atoms with van der Waals surface area (Å²) in [6.45, 7) is 6.21. The van der Waals surface area contributed by atoms with Crippen LogP contribution in [0.3, 0.4) is 0 Å². The van der Waals surface area contributed by atoms with Crippen LogP contribution >= 0.6 is 0 Å². The zero-order valence-electron chi connectivity index (χ0n) is 11.6. The maximum Gasteiger partial charge on any atom is 0.248 e. The topological polar surface area (TPSA) is 55.3 Å². The fourth-order valence-electron chi connectivity index (χ4n) is 2.38.